The second-order valence-corrected chi connectivity index (χ2v) is 7.16. The minimum Gasteiger partial charge on any atom is -0.338 e. The Bertz CT molecular complexity index is 904. The van der Waals surface area contributed by atoms with Gasteiger partial charge in [0.25, 0.3) is 5.91 Å². The lowest BCUT2D eigenvalue weighted by atomic mass is 10.1. The van der Waals surface area contributed by atoms with Crippen LogP contribution in [0.2, 0.25) is 5.15 Å². The van der Waals surface area contributed by atoms with E-state index in [1.54, 1.807) is 0 Å². The molecule has 0 fully saturated rings. The summed E-state index contributed by atoms with van der Waals surface area (Å²) in [6.45, 7) is 7.24. The van der Waals surface area contributed by atoms with E-state index in [1.165, 1.54) is 11.3 Å². The van der Waals surface area contributed by atoms with Gasteiger partial charge in [-0.1, -0.05) is 41.9 Å². The van der Waals surface area contributed by atoms with Crippen molar-refractivity contribution in [3.05, 3.63) is 57.3 Å². The lowest BCUT2D eigenvalue weighted by molar-refractivity contribution is 0.0777. The molecule has 0 aliphatic carbocycles. The topological polar surface area (TPSA) is 46.1 Å². The lowest BCUT2D eigenvalue weighted by Gasteiger charge is -2.17. The fraction of sp³-hybridized carbons (Fsp3) is 0.316. The molecule has 130 valence electrons. The number of rotatable bonds is 5. The maximum atomic E-state index is 12.7. The third kappa shape index (κ3) is 3.53. The Kier molecular flexibility index (Phi) is 5.35. The van der Waals surface area contributed by atoms with E-state index in [4.69, 9.17) is 11.6 Å². The molecule has 2 aromatic heterocycles. The third-order valence-corrected chi connectivity index (χ3v) is 5.69. The summed E-state index contributed by atoms with van der Waals surface area (Å²) in [4.78, 5) is 25.1. The number of thiophene rings is 1. The molecule has 3 rings (SSSR count). The Labute approximate surface area is 156 Å². The van der Waals surface area contributed by atoms with Crippen molar-refractivity contribution in [2.75, 3.05) is 13.1 Å². The second kappa shape index (κ2) is 7.50. The van der Waals surface area contributed by atoms with Gasteiger partial charge in [0.15, 0.2) is 0 Å². The number of hydrogen-bond donors (Lipinski definition) is 0. The normalized spacial score (nSPS) is 11.0. The van der Waals surface area contributed by atoms with E-state index in [2.05, 4.69) is 9.97 Å². The quantitative estimate of drug-likeness (QED) is 0.607. The average molecular weight is 374 g/mol. The van der Waals surface area contributed by atoms with E-state index in [1.807, 2.05) is 56.0 Å². The van der Waals surface area contributed by atoms with Crippen molar-refractivity contribution >= 4 is 39.1 Å². The second-order valence-electron chi connectivity index (χ2n) is 5.81. The van der Waals surface area contributed by atoms with E-state index in [0.29, 0.717) is 35.4 Å². The highest BCUT2D eigenvalue weighted by molar-refractivity contribution is 7.20. The number of hydrogen-bond acceptors (Lipinski definition) is 4. The number of carbonyl (C=O) groups excluding carboxylic acids is 1. The number of benzene rings is 1. The Morgan fingerprint density at radius 1 is 1.16 bits per heavy atom. The van der Waals surface area contributed by atoms with Gasteiger partial charge in [-0.05, 0) is 31.9 Å². The third-order valence-electron chi connectivity index (χ3n) is 4.24. The highest BCUT2D eigenvalue weighted by atomic mass is 35.5. The van der Waals surface area contributed by atoms with Crippen molar-refractivity contribution < 1.29 is 4.79 Å². The van der Waals surface area contributed by atoms with Crippen LogP contribution in [0.1, 0.15) is 40.5 Å². The predicted octanol–water partition coefficient (Wildman–Crippen LogP) is 4.73. The molecule has 0 atom stereocenters. The first kappa shape index (κ1) is 17.8. The smallest absolute Gasteiger partial charge is 0.264 e. The van der Waals surface area contributed by atoms with E-state index in [-0.39, 0.29) is 5.91 Å². The van der Waals surface area contributed by atoms with Crippen LogP contribution in [-0.4, -0.2) is 33.9 Å². The molecule has 0 saturated carbocycles. The fourth-order valence-electron chi connectivity index (χ4n) is 2.85. The van der Waals surface area contributed by atoms with E-state index < -0.39 is 0 Å². The number of halogens is 1. The Morgan fingerprint density at radius 2 is 1.84 bits per heavy atom. The van der Waals surface area contributed by atoms with Gasteiger partial charge in [-0.3, -0.25) is 4.79 Å². The largest absolute Gasteiger partial charge is 0.338 e. The molecule has 3 aromatic rings. The minimum absolute atomic E-state index is 0.0335. The van der Waals surface area contributed by atoms with Crippen molar-refractivity contribution in [2.24, 2.45) is 0 Å². The molecule has 1 aromatic carbocycles. The summed E-state index contributed by atoms with van der Waals surface area (Å²) in [6.07, 6.45) is 0.618. The SMILES string of the molecule is CCN(CC)C(=O)c1sc2nc(Cc3ccccc3)nc(Cl)c2c1C. The summed E-state index contributed by atoms with van der Waals surface area (Å²) < 4.78 is 0. The van der Waals surface area contributed by atoms with Crippen LogP contribution in [0.5, 0.6) is 0 Å². The van der Waals surface area contributed by atoms with Crippen LogP contribution in [0.3, 0.4) is 0 Å². The number of nitrogens with zero attached hydrogens (tertiary/aromatic N) is 3. The number of carbonyl (C=O) groups is 1. The van der Waals surface area contributed by atoms with Crippen LogP contribution in [0.25, 0.3) is 10.2 Å². The molecular weight excluding hydrogens is 354 g/mol. The highest BCUT2D eigenvalue weighted by Crippen LogP contribution is 2.34. The van der Waals surface area contributed by atoms with Crippen LogP contribution in [0, 0.1) is 6.92 Å². The summed E-state index contributed by atoms with van der Waals surface area (Å²) >= 11 is 7.83. The Hall–Kier alpha value is -1.98. The molecule has 0 aliphatic rings. The van der Waals surface area contributed by atoms with Crippen molar-refractivity contribution in [3.63, 3.8) is 0 Å². The number of aromatic nitrogens is 2. The van der Waals surface area contributed by atoms with Crippen LogP contribution < -0.4 is 0 Å². The summed E-state index contributed by atoms with van der Waals surface area (Å²) in [7, 11) is 0. The Balaban J connectivity index is 2.02. The molecule has 6 heteroatoms. The van der Waals surface area contributed by atoms with Crippen LogP contribution in [0.15, 0.2) is 30.3 Å². The molecule has 0 unspecified atom stereocenters. The molecule has 25 heavy (non-hydrogen) atoms. The van der Waals surface area contributed by atoms with E-state index >= 15 is 0 Å². The van der Waals surface area contributed by atoms with E-state index in [0.717, 1.165) is 21.3 Å². The standard InChI is InChI=1S/C19H20ClN3OS/c1-4-23(5-2)19(24)16-12(3)15-17(20)21-14(22-18(15)25-16)11-13-9-7-6-8-10-13/h6-10H,4-5,11H2,1-3H3. The van der Waals surface area contributed by atoms with Crippen molar-refractivity contribution in [1.29, 1.82) is 0 Å². The van der Waals surface area contributed by atoms with Crippen LogP contribution in [0.4, 0.5) is 0 Å². The van der Waals surface area contributed by atoms with Gasteiger partial charge >= 0.3 is 0 Å². The van der Waals surface area contributed by atoms with E-state index in [9.17, 15) is 4.79 Å². The van der Waals surface area contributed by atoms with Crippen molar-refractivity contribution in [1.82, 2.24) is 14.9 Å². The number of fused-ring (bicyclic) bond motifs is 1. The molecule has 0 N–H and O–H groups in total. The molecule has 1 amide bonds. The molecule has 0 saturated heterocycles. The zero-order chi connectivity index (χ0) is 18.0. The van der Waals surface area contributed by atoms with Crippen LogP contribution >= 0.6 is 22.9 Å². The molecule has 0 spiro atoms. The average Bonchev–Trinajstić information content (AvgIpc) is 2.94. The maximum Gasteiger partial charge on any atom is 0.264 e. The number of aryl methyl sites for hydroxylation is 1. The highest BCUT2D eigenvalue weighted by Gasteiger charge is 2.22. The van der Waals surface area contributed by atoms with Crippen molar-refractivity contribution in [2.45, 2.75) is 27.2 Å². The van der Waals surface area contributed by atoms with Gasteiger partial charge < -0.3 is 4.90 Å². The molecule has 4 nitrogen and oxygen atoms in total. The first-order chi connectivity index (χ1) is 12.0. The first-order valence-electron chi connectivity index (χ1n) is 8.33. The van der Waals surface area contributed by atoms with Gasteiger partial charge in [-0.25, -0.2) is 9.97 Å². The molecule has 0 bridgehead atoms. The lowest BCUT2D eigenvalue weighted by Crippen LogP contribution is -2.30. The maximum absolute atomic E-state index is 12.7. The summed E-state index contributed by atoms with van der Waals surface area (Å²) in [6, 6.07) is 10.0. The molecule has 2 heterocycles. The zero-order valence-corrected chi connectivity index (χ0v) is 16.1. The van der Waals surface area contributed by atoms with Gasteiger partial charge in [0.2, 0.25) is 0 Å². The first-order valence-corrected chi connectivity index (χ1v) is 9.53. The van der Waals surface area contributed by atoms with Gasteiger partial charge in [-0.15, -0.1) is 11.3 Å². The van der Waals surface area contributed by atoms with Gasteiger partial charge in [-0.2, -0.15) is 0 Å². The number of amides is 1. The van der Waals surface area contributed by atoms with Gasteiger partial charge in [0.05, 0.1) is 10.3 Å². The fourth-order valence-corrected chi connectivity index (χ4v) is 4.40. The summed E-state index contributed by atoms with van der Waals surface area (Å²) in [5, 5.41) is 1.21. The molecular formula is C19H20ClN3OS. The predicted molar refractivity (Wildman–Crippen MR) is 104 cm³/mol. The zero-order valence-electron chi connectivity index (χ0n) is 14.5. The van der Waals surface area contributed by atoms with Crippen molar-refractivity contribution in [3.8, 4) is 0 Å². The summed E-state index contributed by atoms with van der Waals surface area (Å²) in [5.41, 5.74) is 2.00. The molecule has 0 radical (unpaired) electrons. The van der Waals surface area contributed by atoms with Gasteiger partial charge in [0.1, 0.15) is 15.8 Å². The monoisotopic (exact) mass is 373 g/mol. The van der Waals surface area contributed by atoms with Crippen LogP contribution in [-0.2, 0) is 6.42 Å². The summed E-state index contributed by atoms with van der Waals surface area (Å²) in [5.74, 6) is 0.706. The Morgan fingerprint density at radius 3 is 2.48 bits per heavy atom. The minimum atomic E-state index is 0.0335. The molecule has 0 aliphatic heterocycles. The van der Waals surface area contributed by atoms with Gasteiger partial charge in [0, 0.05) is 19.5 Å².